The van der Waals surface area contributed by atoms with Gasteiger partial charge in [-0.25, -0.2) is 0 Å². The summed E-state index contributed by atoms with van der Waals surface area (Å²) < 4.78 is 1.52. The second-order valence-electron chi connectivity index (χ2n) is 5.33. The number of carboxylic acids is 1. The number of anilines is 1. The van der Waals surface area contributed by atoms with Crippen LogP contribution in [0.2, 0.25) is 10.0 Å². The third kappa shape index (κ3) is 2.70. The first-order chi connectivity index (χ1) is 11.4. The predicted molar refractivity (Wildman–Crippen MR) is 97.5 cm³/mol. The van der Waals surface area contributed by atoms with Crippen molar-refractivity contribution in [2.45, 2.75) is 13.5 Å². The fourth-order valence-electron chi connectivity index (χ4n) is 2.81. The average Bonchev–Trinajstić information content (AvgIpc) is 2.54. The van der Waals surface area contributed by atoms with Gasteiger partial charge in [0.1, 0.15) is 6.54 Å². The molecule has 0 fully saturated rings. The van der Waals surface area contributed by atoms with Crippen molar-refractivity contribution in [1.82, 2.24) is 4.57 Å². The van der Waals surface area contributed by atoms with E-state index in [2.05, 4.69) is 5.32 Å². The smallest absolute Gasteiger partial charge is 0.323 e. The van der Waals surface area contributed by atoms with Crippen LogP contribution in [-0.2, 0) is 11.3 Å². The molecular formula is C17H14Cl2N2O3. The first-order valence-corrected chi connectivity index (χ1v) is 8.09. The Labute approximate surface area is 147 Å². The lowest BCUT2D eigenvalue weighted by Gasteiger charge is -2.16. The van der Waals surface area contributed by atoms with E-state index in [4.69, 9.17) is 23.2 Å². The van der Waals surface area contributed by atoms with Crippen LogP contribution in [-0.4, -0.2) is 22.2 Å². The number of nitrogens with zero attached hydrogens (tertiary/aromatic N) is 1. The highest BCUT2D eigenvalue weighted by Crippen LogP contribution is 2.32. The van der Waals surface area contributed by atoms with E-state index in [0.29, 0.717) is 28.4 Å². The van der Waals surface area contributed by atoms with E-state index in [-0.39, 0.29) is 22.0 Å². The number of hydrogen-bond donors (Lipinski definition) is 2. The SMILES string of the molecule is CCNc1ccc2c(=O)c3ccc(Cl)c(Cl)c3n(CC(=O)O)c2c1. The molecule has 124 valence electrons. The molecule has 2 N–H and O–H groups in total. The zero-order chi connectivity index (χ0) is 17.4. The number of fused-ring (bicyclic) bond motifs is 2. The molecule has 0 radical (unpaired) electrons. The van der Waals surface area contributed by atoms with Crippen LogP contribution in [0.25, 0.3) is 21.8 Å². The maximum atomic E-state index is 12.8. The summed E-state index contributed by atoms with van der Waals surface area (Å²) in [6, 6.07) is 8.34. The molecule has 0 amide bonds. The fraction of sp³-hybridized carbons (Fsp3) is 0.176. The maximum Gasteiger partial charge on any atom is 0.323 e. The summed E-state index contributed by atoms with van der Waals surface area (Å²) in [7, 11) is 0. The second-order valence-corrected chi connectivity index (χ2v) is 6.11. The Morgan fingerprint density at radius 1 is 1.21 bits per heavy atom. The Hall–Kier alpha value is -2.24. The van der Waals surface area contributed by atoms with Crippen LogP contribution < -0.4 is 10.7 Å². The van der Waals surface area contributed by atoms with Gasteiger partial charge in [0.15, 0.2) is 5.43 Å². The first-order valence-electron chi connectivity index (χ1n) is 7.34. The van der Waals surface area contributed by atoms with E-state index in [1.807, 2.05) is 6.92 Å². The van der Waals surface area contributed by atoms with Crippen molar-refractivity contribution in [2.24, 2.45) is 0 Å². The minimum atomic E-state index is -1.04. The number of aromatic nitrogens is 1. The number of carboxylic acid groups (broad SMARTS) is 1. The Morgan fingerprint density at radius 2 is 1.92 bits per heavy atom. The Bertz CT molecular complexity index is 1030. The van der Waals surface area contributed by atoms with E-state index < -0.39 is 5.97 Å². The van der Waals surface area contributed by atoms with E-state index in [1.165, 1.54) is 10.6 Å². The molecule has 0 saturated heterocycles. The Kier molecular flexibility index (Phi) is 4.39. The molecule has 0 aliphatic rings. The lowest BCUT2D eigenvalue weighted by atomic mass is 10.1. The summed E-state index contributed by atoms with van der Waals surface area (Å²) in [6.07, 6.45) is 0. The first kappa shape index (κ1) is 16.6. The highest BCUT2D eigenvalue weighted by atomic mass is 35.5. The van der Waals surface area contributed by atoms with Crippen molar-refractivity contribution in [3.05, 3.63) is 50.6 Å². The number of benzene rings is 2. The molecule has 3 aromatic rings. The van der Waals surface area contributed by atoms with Gasteiger partial charge in [0.25, 0.3) is 0 Å². The van der Waals surface area contributed by atoms with Crippen LogP contribution in [0.5, 0.6) is 0 Å². The Morgan fingerprint density at radius 3 is 2.58 bits per heavy atom. The largest absolute Gasteiger partial charge is 0.480 e. The number of nitrogens with one attached hydrogen (secondary N) is 1. The number of pyridine rings is 1. The van der Waals surface area contributed by atoms with E-state index in [0.717, 1.165) is 5.69 Å². The summed E-state index contributed by atoms with van der Waals surface area (Å²) in [5.74, 6) is -1.04. The van der Waals surface area contributed by atoms with Gasteiger partial charge in [0, 0.05) is 23.0 Å². The summed E-state index contributed by atoms with van der Waals surface area (Å²) in [5.41, 5.74) is 1.42. The average molecular weight is 365 g/mol. The number of halogens is 2. The monoisotopic (exact) mass is 364 g/mol. The molecule has 0 spiro atoms. The van der Waals surface area contributed by atoms with Crippen molar-refractivity contribution in [3.63, 3.8) is 0 Å². The van der Waals surface area contributed by atoms with Crippen LogP contribution in [0.1, 0.15) is 6.92 Å². The number of hydrogen-bond acceptors (Lipinski definition) is 3. The van der Waals surface area contributed by atoms with Crippen LogP contribution in [0.15, 0.2) is 35.1 Å². The van der Waals surface area contributed by atoms with Crippen molar-refractivity contribution < 1.29 is 9.90 Å². The van der Waals surface area contributed by atoms with Crippen LogP contribution in [0, 0.1) is 0 Å². The van der Waals surface area contributed by atoms with Gasteiger partial charge in [-0.1, -0.05) is 23.2 Å². The van der Waals surface area contributed by atoms with Gasteiger partial charge in [-0.2, -0.15) is 0 Å². The highest BCUT2D eigenvalue weighted by molar-refractivity contribution is 6.45. The minimum Gasteiger partial charge on any atom is -0.480 e. The van der Waals surface area contributed by atoms with Gasteiger partial charge in [0.05, 0.1) is 21.1 Å². The summed E-state index contributed by atoms with van der Waals surface area (Å²) in [5, 5.41) is 13.7. The standard InChI is InChI=1S/C17H14Cl2N2O3/c1-2-20-9-3-4-10-13(7-9)21(8-14(22)23)16-11(17(10)24)5-6-12(18)15(16)19/h3-7,20H,2,8H2,1H3,(H,22,23). The molecule has 5 nitrogen and oxygen atoms in total. The summed E-state index contributed by atoms with van der Waals surface area (Å²) in [4.78, 5) is 24.1. The minimum absolute atomic E-state index is 0.170. The quantitative estimate of drug-likeness (QED) is 0.686. The molecule has 7 heteroatoms. The molecule has 3 rings (SSSR count). The van der Waals surface area contributed by atoms with Crippen molar-refractivity contribution in [2.75, 3.05) is 11.9 Å². The summed E-state index contributed by atoms with van der Waals surface area (Å²) in [6.45, 7) is 2.32. The third-order valence-electron chi connectivity index (χ3n) is 3.79. The van der Waals surface area contributed by atoms with Gasteiger partial charge in [0.2, 0.25) is 0 Å². The molecule has 0 saturated carbocycles. The van der Waals surface area contributed by atoms with Gasteiger partial charge in [-0.3, -0.25) is 9.59 Å². The van der Waals surface area contributed by atoms with Gasteiger partial charge in [-0.05, 0) is 37.3 Å². The normalized spacial score (nSPS) is 11.1. The maximum absolute atomic E-state index is 12.8. The van der Waals surface area contributed by atoms with Gasteiger partial charge >= 0.3 is 5.97 Å². The van der Waals surface area contributed by atoms with Crippen molar-refractivity contribution >= 4 is 56.7 Å². The molecule has 0 aliphatic heterocycles. The topological polar surface area (TPSA) is 71.3 Å². The van der Waals surface area contributed by atoms with Gasteiger partial charge in [-0.15, -0.1) is 0 Å². The Balaban J connectivity index is 2.53. The molecular weight excluding hydrogens is 351 g/mol. The van der Waals surface area contributed by atoms with Gasteiger partial charge < -0.3 is 15.0 Å². The molecule has 1 aromatic heterocycles. The lowest BCUT2D eigenvalue weighted by Crippen LogP contribution is -2.16. The number of aliphatic carboxylic acids is 1. The fourth-order valence-corrected chi connectivity index (χ4v) is 3.23. The lowest BCUT2D eigenvalue weighted by molar-refractivity contribution is -0.137. The molecule has 0 unspecified atom stereocenters. The van der Waals surface area contributed by atoms with Crippen molar-refractivity contribution in [1.29, 1.82) is 0 Å². The number of rotatable bonds is 4. The van der Waals surface area contributed by atoms with Crippen molar-refractivity contribution in [3.8, 4) is 0 Å². The molecule has 24 heavy (non-hydrogen) atoms. The highest BCUT2D eigenvalue weighted by Gasteiger charge is 2.17. The second kappa shape index (κ2) is 6.34. The molecule has 0 aliphatic carbocycles. The summed E-state index contributed by atoms with van der Waals surface area (Å²) >= 11 is 12.4. The number of carbonyl (C=O) groups is 1. The zero-order valence-corrected chi connectivity index (χ0v) is 14.3. The molecule has 0 bridgehead atoms. The molecule has 0 atom stereocenters. The van der Waals surface area contributed by atoms with Crippen LogP contribution >= 0.6 is 23.2 Å². The van der Waals surface area contributed by atoms with E-state index in [1.54, 1.807) is 24.3 Å². The van der Waals surface area contributed by atoms with Crippen LogP contribution in [0.3, 0.4) is 0 Å². The van der Waals surface area contributed by atoms with Crippen LogP contribution in [0.4, 0.5) is 5.69 Å². The zero-order valence-electron chi connectivity index (χ0n) is 12.8. The third-order valence-corrected chi connectivity index (χ3v) is 4.59. The molecule has 1 heterocycles. The molecule has 2 aromatic carbocycles. The van der Waals surface area contributed by atoms with E-state index in [9.17, 15) is 14.7 Å². The predicted octanol–water partition coefficient (Wildman–Crippen LogP) is 3.98. The van der Waals surface area contributed by atoms with E-state index >= 15 is 0 Å².